The summed E-state index contributed by atoms with van der Waals surface area (Å²) in [6.45, 7) is 3.78. The minimum Gasteiger partial charge on any atom is -0.493 e. The van der Waals surface area contributed by atoms with Crippen LogP contribution in [-0.2, 0) is 10.0 Å². The number of hydrogen-bond acceptors (Lipinski definition) is 5. The van der Waals surface area contributed by atoms with E-state index >= 15 is 0 Å². The molecule has 3 aromatic carbocycles. The van der Waals surface area contributed by atoms with Gasteiger partial charge in [-0.15, -0.1) is 0 Å². The van der Waals surface area contributed by atoms with Gasteiger partial charge in [0.15, 0.2) is 11.5 Å². The van der Waals surface area contributed by atoms with Crippen molar-refractivity contribution >= 4 is 15.7 Å². The number of furan rings is 1. The largest absolute Gasteiger partial charge is 0.493 e. The monoisotopic (exact) mass is 477 g/mol. The second-order valence-electron chi connectivity index (χ2n) is 8.01. The summed E-state index contributed by atoms with van der Waals surface area (Å²) >= 11 is 0. The molecule has 0 amide bonds. The van der Waals surface area contributed by atoms with E-state index in [9.17, 15) is 8.42 Å². The van der Waals surface area contributed by atoms with Gasteiger partial charge in [0, 0.05) is 6.07 Å². The topological polar surface area (TPSA) is 77.8 Å². The van der Waals surface area contributed by atoms with Gasteiger partial charge in [0.05, 0.1) is 30.7 Å². The lowest BCUT2D eigenvalue weighted by Gasteiger charge is -2.22. The first-order valence-electron chi connectivity index (χ1n) is 10.8. The maximum absolute atomic E-state index is 13.3. The Morgan fingerprint density at radius 2 is 1.47 bits per heavy atom. The first kappa shape index (κ1) is 23.4. The molecule has 0 aliphatic rings. The molecule has 0 saturated heterocycles. The Kier molecular flexibility index (Phi) is 6.65. The molecule has 1 heterocycles. The fourth-order valence-electron chi connectivity index (χ4n) is 3.89. The van der Waals surface area contributed by atoms with Crippen LogP contribution in [0.1, 0.15) is 34.1 Å². The Morgan fingerprint density at radius 1 is 0.824 bits per heavy atom. The van der Waals surface area contributed by atoms with Crippen molar-refractivity contribution < 1.29 is 22.3 Å². The molecule has 0 unspecified atom stereocenters. The smallest absolute Gasteiger partial charge is 0.261 e. The Balaban J connectivity index is 1.92. The number of sulfonamides is 1. The minimum absolute atomic E-state index is 0.170. The van der Waals surface area contributed by atoms with Gasteiger partial charge >= 0.3 is 0 Å². The number of anilines is 1. The average molecular weight is 478 g/mol. The summed E-state index contributed by atoms with van der Waals surface area (Å²) in [4.78, 5) is 0.170. The third-order valence-corrected chi connectivity index (χ3v) is 7.00. The van der Waals surface area contributed by atoms with Gasteiger partial charge in [0.1, 0.15) is 11.5 Å². The van der Waals surface area contributed by atoms with E-state index in [1.807, 2.05) is 56.3 Å². The highest BCUT2D eigenvalue weighted by atomic mass is 32.2. The van der Waals surface area contributed by atoms with Gasteiger partial charge in [0.2, 0.25) is 0 Å². The zero-order valence-electron chi connectivity index (χ0n) is 19.5. The number of benzene rings is 3. The highest BCUT2D eigenvalue weighted by Crippen LogP contribution is 2.43. The van der Waals surface area contributed by atoms with E-state index in [1.54, 1.807) is 43.5 Å². The van der Waals surface area contributed by atoms with Gasteiger partial charge in [-0.1, -0.05) is 48.0 Å². The molecular formula is C27H27NO5S. The van der Waals surface area contributed by atoms with E-state index in [-0.39, 0.29) is 10.8 Å². The van der Waals surface area contributed by atoms with E-state index in [0.29, 0.717) is 28.5 Å². The molecule has 0 aliphatic heterocycles. The molecule has 34 heavy (non-hydrogen) atoms. The molecule has 1 aromatic heterocycles. The number of rotatable bonds is 8. The van der Waals surface area contributed by atoms with Crippen LogP contribution in [0.15, 0.2) is 88.2 Å². The van der Waals surface area contributed by atoms with Crippen LogP contribution in [0.5, 0.6) is 11.5 Å². The normalized spacial score (nSPS) is 12.2. The highest BCUT2D eigenvalue weighted by molar-refractivity contribution is 7.92. The molecule has 0 aliphatic carbocycles. The summed E-state index contributed by atoms with van der Waals surface area (Å²) in [7, 11) is -0.805. The third kappa shape index (κ3) is 4.79. The molecule has 1 atom stereocenters. The van der Waals surface area contributed by atoms with E-state index in [1.165, 1.54) is 7.11 Å². The zero-order valence-corrected chi connectivity index (χ0v) is 20.3. The molecule has 6 nitrogen and oxygen atoms in total. The van der Waals surface area contributed by atoms with Gasteiger partial charge in [0.25, 0.3) is 10.0 Å². The molecule has 176 valence electrons. The van der Waals surface area contributed by atoms with Crippen LogP contribution in [0.3, 0.4) is 0 Å². The highest BCUT2D eigenvalue weighted by Gasteiger charge is 2.27. The van der Waals surface area contributed by atoms with Gasteiger partial charge in [-0.3, -0.25) is 4.72 Å². The number of aryl methyl sites for hydroxylation is 2. The molecule has 1 N–H and O–H groups in total. The average Bonchev–Trinajstić information content (AvgIpc) is 3.26. The van der Waals surface area contributed by atoms with Crippen molar-refractivity contribution in [3.05, 3.63) is 107 Å². The van der Waals surface area contributed by atoms with Gasteiger partial charge in [-0.05, 0) is 55.3 Å². The van der Waals surface area contributed by atoms with Crippen molar-refractivity contribution in [2.24, 2.45) is 0 Å². The number of hydrogen-bond donors (Lipinski definition) is 1. The predicted octanol–water partition coefficient (Wildman–Crippen LogP) is 5.89. The van der Waals surface area contributed by atoms with E-state index < -0.39 is 10.0 Å². The maximum atomic E-state index is 13.3. The molecule has 4 rings (SSSR count). The van der Waals surface area contributed by atoms with Gasteiger partial charge in [-0.2, -0.15) is 0 Å². The Hall–Kier alpha value is -3.71. The van der Waals surface area contributed by atoms with Crippen LogP contribution in [0.4, 0.5) is 5.69 Å². The fraction of sp³-hybridized carbons (Fsp3) is 0.185. The Bertz CT molecular complexity index is 1380. The van der Waals surface area contributed by atoms with E-state index in [2.05, 4.69) is 4.72 Å². The number of methoxy groups -OCH3 is 2. The van der Waals surface area contributed by atoms with Crippen LogP contribution in [0, 0.1) is 13.8 Å². The number of ether oxygens (including phenoxy) is 2. The molecule has 7 heteroatoms. The molecule has 0 bridgehead atoms. The first-order valence-corrected chi connectivity index (χ1v) is 12.3. The lowest BCUT2D eigenvalue weighted by Crippen LogP contribution is -2.16. The Morgan fingerprint density at radius 3 is 2.06 bits per heavy atom. The van der Waals surface area contributed by atoms with E-state index in [0.717, 1.165) is 16.9 Å². The van der Waals surface area contributed by atoms with Crippen LogP contribution < -0.4 is 14.2 Å². The quantitative estimate of drug-likeness (QED) is 0.342. The lowest BCUT2D eigenvalue weighted by atomic mass is 9.88. The first-order chi connectivity index (χ1) is 16.3. The van der Waals surface area contributed by atoms with Crippen molar-refractivity contribution in [3.8, 4) is 11.5 Å². The summed E-state index contributed by atoms with van der Waals surface area (Å²) in [5.41, 5.74) is 2.97. The second kappa shape index (κ2) is 9.65. The van der Waals surface area contributed by atoms with Crippen LogP contribution in [0.25, 0.3) is 0 Å². The third-order valence-electron chi connectivity index (χ3n) is 5.62. The summed E-state index contributed by atoms with van der Waals surface area (Å²) < 4.78 is 46.4. The van der Waals surface area contributed by atoms with Crippen molar-refractivity contribution in [2.75, 3.05) is 18.9 Å². The van der Waals surface area contributed by atoms with Crippen LogP contribution >= 0.6 is 0 Å². The van der Waals surface area contributed by atoms with Crippen LogP contribution in [-0.4, -0.2) is 22.6 Å². The van der Waals surface area contributed by atoms with Crippen molar-refractivity contribution in [2.45, 2.75) is 24.7 Å². The fourth-order valence-corrected chi connectivity index (χ4v) is 4.97. The van der Waals surface area contributed by atoms with E-state index in [4.69, 9.17) is 13.9 Å². The van der Waals surface area contributed by atoms with Crippen molar-refractivity contribution in [1.29, 1.82) is 0 Å². The van der Waals surface area contributed by atoms with Crippen LogP contribution in [0.2, 0.25) is 0 Å². The maximum Gasteiger partial charge on any atom is 0.261 e. The summed E-state index contributed by atoms with van der Waals surface area (Å²) in [6, 6.07) is 23.7. The zero-order chi connectivity index (χ0) is 24.3. The van der Waals surface area contributed by atoms with Crippen molar-refractivity contribution in [3.63, 3.8) is 0 Å². The lowest BCUT2D eigenvalue weighted by molar-refractivity contribution is 0.354. The van der Waals surface area contributed by atoms with Gasteiger partial charge < -0.3 is 13.9 Å². The molecule has 0 spiro atoms. The summed E-state index contributed by atoms with van der Waals surface area (Å²) in [5.74, 6) is 1.96. The minimum atomic E-state index is -3.87. The SMILES string of the molecule is COc1cc(NS(=O)(=O)c2ccc(C)cc2)c([C@H](c2ccccc2)c2ccc(C)o2)cc1OC. The molecular weight excluding hydrogens is 450 g/mol. The van der Waals surface area contributed by atoms with Gasteiger partial charge in [-0.25, -0.2) is 8.42 Å². The molecule has 0 fully saturated rings. The second-order valence-corrected chi connectivity index (χ2v) is 9.69. The number of nitrogens with one attached hydrogen (secondary N) is 1. The molecule has 0 radical (unpaired) electrons. The standard InChI is InChI=1S/C27H27NO5S/c1-18-10-13-21(14-11-18)34(29,30)28-23-17-26(32-4)25(31-3)16-22(23)27(20-8-6-5-7-9-20)24-15-12-19(2)33-24/h5-17,27-28H,1-4H3/t27-/m0/s1. The molecule has 0 saturated carbocycles. The van der Waals surface area contributed by atoms with Crippen molar-refractivity contribution in [1.82, 2.24) is 0 Å². The Labute approximate surface area is 200 Å². The molecule has 4 aromatic rings. The summed E-state index contributed by atoms with van der Waals surface area (Å²) in [5, 5.41) is 0. The predicted molar refractivity (Wildman–Crippen MR) is 132 cm³/mol. The summed E-state index contributed by atoms with van der Waals surface area (Å²) in [6.07, 6.45) is 0.